The van der Waals surface area contributed by atoms with Gasteiger partial charge in [-0.05, 0) is 73.6 Å². The molecule has 2 aromatic carbocycles. The van der Waals surface area contributed by atoms with Crippen LogP contribution in [0.1, 0.15) is 52.7 Å². The molecule has 2 heterocycles. The molecule has 3 aromatic rings. The summed E-state index contributed by atoms with van der Waals surface area (Å²) in [6.07, 6.45) is 5.44. The molecule has 1 fully saturated rings. The first-order valence-corrected chi connectivity index (χ1v) is 12.3. The number of hydrogen-bond acceptors (Lipinski definition) is 5. The summed E-state index contributed by atoms with van der Waals surface area (Å²) in [7, 11) is 0. The molecule has 192 valence electrons. The summed E-state index contributed by atoms with van der Waals surface area (Å²) in [5.41, 5.74) is 2.43. The summed E-state index contributed by atoms with van der Waals surface area (Å²) >= 11 is 0. The van der Waals surface area contributed by atoms with Gasteiger partial charge in [0, 0.05) is 48.7 Å². The van der Waals surface area contributed by atoms with E-state index in [0.29, 0.717) is 32.4 Å². The number of nitrogens with one attached hydrogen (secondary N) is 1. The predicted octanol–water partition coefficient (Wildman–Crippen LogP) is 5.27. The maximum Gasteiger partial charge on any atom is 0.273 e. The summed E-state index contributed by atoms with van der Waals surface area (Å²) in [6, 6.07) is 13.6. The van der Waals surface area contributed by atoms with Crippen molar-refractivity contribution in [2.24, 2.45) is 5.92 Å². The van der Waals surface area contributed by atoms with E-state index >= 15 is 0 Å². The van der Waals surface area contributed by atoms with Crippen molar-refractivity contribution in [2.45, 2.75) is 39.0 Å². The van der Waals surface area contributed by atoms with E-state index in [1.165, 1.54) is 6.92 Å². The van der Waals surface area contributed by atoms with Crippen LogP contribution in [-0.2, 0) is 11.2 Å². The average molecular weight is 505 g/mol. The fourth-order valence-corrected chi connectivity index (χ4v) is 4.77. The summed E-state index contributed by atoms with van der Waals surface area (Å²) in [4.78, 5) is 41.8. The average Bonchev–Trinajstić information content (AvgIpc) is 2.89. The van der Waals surface area contributed by atoms with Crippen molar-refractivity contribution in [3.05, 3.63) is 99.1 Å². The Morgan fingerprint density at radius 3 is 2.38 bits per heavy atom. The molecule has 0 aliphatic carbocycles. The van der Waals surface area contributed by atoms with Crippen LogP contribution < -0.4 is 5.32 Å². The number of nitro benzene ring substituents is 1. The van der Waals surface area contributed by atoms with Crippen molar-refractivity contribution in [3.8, 4) is 0 Å². The number of likely N-dealkylation sites (tertiary alicyclic amines) is 1. The van der Waals surface area contributed by atoms with Crippen LogP contribution in [0.25, 0.3) is 0 Å². The third-order valence-corrected chi connectivity index (χ3v) is 6.97. The molecule has 0 spiro atoms. The van der Waals surface area contributed by atoms with Crippen molar-refractivity contribution >= 4 is 23.2 Å². The Bertz CT molecular complexity index is 1290. The number of rotatable bonds is 7. The lowest BCUT2D eigenvalue weighted by Gasteiger charge is -2.32. The molecule has 8 nitrogen and oxygen atoms in total. The zero-order valence-electron chi connectivity index (χ0n) is 20.8. The third-order valence-electron chi connectivity index (χ3n) is 6.97. The molecule has 0 radical (unpaired) electrons. The predicted molar refractivity (Wildman–Crippen MR) is 138 cm³/mol. The van der Waals surface area contributed by atoms with Crippen LogP contribution in [0.5, 0.6) is 0 Å². The van der Waals surface area contributed by atoms with E-state index < -0.39 is 16.6 Å². The van der Waals surface area contributed by atoms with E-state index in [4.69, 9.17) is 0 Å². The molecular weight excluding hydrogens is 475 g/mol. The molecule has 1 aliphatic heterocycles. The van der Waals surface area contributed by atoms with Crippen LogP contribution in [0.4, 0.5) is 15.8 Å². The molecule has 1 N–H and O–H groups in total. The maximum absolute atomic E-state index is 14.4. The molecule has 1 atom stereocenters. The number of carbonyl (C=O) groups is 2. The molecule has 4 rings (SSSR count). The summed E-state index contributed by atoms with van der Waals surface area (Å²) in [6.45, 7) is 4.15. The molecular formula is C28H29FN4O4. The number of carbonyl (C=O) groups excluding carboxylic acids is 2. The van der Waals surface area contributed by atoms with Crippen molar-refractivity contribution in [2.75, 3.05) is 18.4 Å². The minimum Gasteiger partial charge on any atom is -0.339 e. The van der Waals surface area contributed by atoms with Crippen molar-refractivity contribution in [1.29, 1.82) is 0 Å². The normalized spacial score (nSPS) is 14.7. The summed E-state index contributed by atoms with van der Waals surface area (Å²) in [5, 5.41) is 14.2. The standard InChI is InChI=1S/C28H29FN4O4/c1-18(17-20-9-13-30-14-10-20)27(34)31-23-5-3-21(4-6-23)22-11-15-32(16-12-22)28(35)26-19(2)25(33(36)37)8-7-24(26)29/h3-10,13-14,18,22H,11-12,15-17H2,1-2H3,(H,31,34). The Labute approximate surface area is 214 Å². The highest BCUT2D eigenvalue weighted by Crippen LogP contribution is 2.31. The maximum atomic E-state index is 14.4. The van der Waals surface area contributed by atoms with E-state index in [2.05, 4.69) is 10.3 Å². The van der Waals surface area contributed by atoms with Crippen LogP contribution in [0, 0.1) is 28.8 Å². The number of anilines is 1. The molecule has 9 heteroatoms. The Hall–Kier alpha value is -4.14. The minimum absolute atomic E-state index is 0.0462. The number of nitro groups is 1. The smallest absolute Gasteiger partial charge is 0.273 e. The lowest BCUT2D eigenvalue weighted by atomic mass is 9.89. The van der Waals surface area contributed by atoms with Crippen LogP contribution in [0.15, 0.2) is 60.9 Å². The Balaban J connectivity index is 1.33. The zero-order valence-corrected chi connectivity index (χ0v) is 20.8. The van der Waals surface area contributed by atoms with Crippen molar-refractivity contribution in [3.63, 3.8) is 0 Å². The van der Waals surface area contributed by atoms with Crippen molar-refractivity contribution in [1.82, 2.24) is 9.88 Å². The molecule has 37 heavy (non-hydrogen) atoms. The monoisotopic (exact) mass is 504 g/mol. The number of aromatic nitrogens is 1. The minimum atomic E-state index is -0.747. The molecule has 2 amide bonds. The van der Waals surface area contributed by atoms with Crippen LogP contribution in [0.3, 0.4) is 0 Å². The Morgan fingerprint density at radius 2 is 1.76 bits per heavy atom. The van der Waals surface area contributed by atoms with Gasteiger partial charge in [-0.15, -0.1) is 0 Å². The van der Waals surface area contributed by atoms with Gasteiger partial charge in [-0.2, -0.15) is 0 Å². The van der Waals surface area contributed by atoms with E-state index in [9.17, 15) is 24.1 Å². The molecule has 1 saturated heterocycles. The van der Waals surface area contributed by atoms with E-state index in [1.807, 2.05) is 43.3 Å². The largest absolute Gasteiger partial charge is 0.339 e. The van der Waals surface area contributed by atoms with Gasteiger partial charge < -0.3 is 10.2 Å². The number of benzene rings is 2. The first-order valence-electron chi connectivity index (χ1n) is 12.3. The van der Waals surface area contributed by atoms with Crippen LogP contribution in [-0.4, -0.2) is 39.7 Å². The molecule has 1 unspecified atom stereocenters. The van der Waals surface area contributed by atoms with Gasteiger partial charge in [0.1, 0.15) is 5.82 Å². The van der Waals surface area contributed by atoms with Gasteiger partial charge in [0.15, 0.2) is 0 Å². The SMILES string of the molecule is Cc1c([N+](=O)[O-])ccc(F)c1C(=O)N1CCC(c2ccc(NC(=O)C(C)Cc3ccncc3)cc2)CC1. The fourth-order valence-electron chi connectivity index (χ4n) is 4.77. The van der Waals surface area contributed by atoms with Crippen LogP contribution >= 0.6 is 0 Å². The first kappa shape index (κ1) is 25.9. The van der Waals surface area contributed by atoms with E-state index in [1.54, 1.807) is 17.3 Å². The second-order valence-electron chi connectivity index (χ2n) is 9.46. The number of hydrogen-bond donors (Lipinski definition) is 1. The lowest BCUT2D eigenvalue weighted by Crippen LogP contribution is -2.38. The topological polar surface area (TPSA) is 105 Å². The molecule has 1 aliphatic rings. The Kier molecular flexibility index (Phi) is 7.91. The highest BCUT2D eigenvalue weighted by atomic mass is 19.1. The van der Waals surface area contributed by atoms with E-state index in [0.717, 1.165) is 28.9 Å². The quantitative estimate of drug-likeness (QED) is 0.348. The van der Waals surface area contributed by atoms with Gasteiger partial charge in [-0.3, -0.25) is 24.7 Å². The molecule has 1 aromatic heterocycles. The highest BCUT2D eigenvalue weighted by molar-refractivity contribution is 5.97. The number of nitrogens with zero attached hydrogens (tertiary/aromatic N) is 3. The van der Waals surface area contributed by atoms with Gasteiger partial charge in [0.05, 0.1) is 10.5 Å². The lowest BCUT2D eigenvalue weighted by molar-refractivity contribution is -0.385. The fraction of sp³-hybridized carbons (Fsp3) is 0.321. The first-order chi connectivity index (χ1) is 17.7. The summed E-state index contributed by atoms with van der Waals surface area (Å²) in [5.74, 6) is -1.29. The molecule has 0 bridgehead atoms. The van der Waals surface area contributed by atoms with Gasteiger partial charge in [0.2, 0.25) is 5.91 Å². The second-order valence-corrected chi connectivity index (χ2v) is 9.46. The van der Waals surface area contributed by atoms with Gasteiger partial charge >= 0.3 is 0 Å². The number of pyridine rings is 1. The van der Waals surface area contributed by atoms with Gasteiger partial charge in [-0.1, -0.05) is 19.1 Å². The zero-order chi connectivity index (χ0) is 26.5. The summed E-state index contributed by atoms with van der Waals surface area (Å²) < 4.78 is 14.4. The second kappa shape index (κ2) is 11.3. The Morgan fingerprint density at radius 1 is 1.11 bits per heavy atom. The number of halogens is 1. The number of amides is 2. The number of piperidine rings is 1. The third kappa shape index (κ3) is 5.99. The van der Waals surface area contributed by atoms with E-state index in [-0.39, 0.29) is 34.6 Å². The highest BCUT2D eigenvalue weighted by Gasteiger charge is 2.29. The molecule has 0 saturated carbocycles. The van der Waals surface area contributed by atoms with Crippen LogP contribution in [0.2, 0.25) is 0 Å². The van der Waals surface area contributed by atoms with Gasteiger partial charge in [0.25, 0.3) is 11.6 Å². The van der Waals surface area contributed by atoms with Gasteiger partial charge in [-0.25, -0.2) is 4.39 Å². The van der Waals surface area contributed by atoms with Crippen molar-refractivity contribution < 1.29 is 18.9 Å².